The summed E-state index contributed by atoms with van der Waals surface area (Å²) < 4.78 is 10.5. The summed E-state index contributed by atoms with van der Waals surface area (Å²) >= 11 is 3.52. The molecule has 1 rings (SSSR count). The third-order valence-corrected chi connectivity index (χ3v) is 2.31. The van der Waals surface area contributed by atoms with Crippen LogP contribution in [0.2, 0.25) is 0 Å². The molecule has 1 unspecified atom stereocenters. The summed E-state index contributed by atoms with van der Waals surface area (Å²) in [5.74, 6) is 1.62. The number of methoxy groups -OCH3 is 2. The van der Waals surface area contributed by atoms with Gasteiger partial charge in [-0.15, -0.1) is 0 Å². The quantitative estimate of drug-likeness (QED) is 0.774. The van der Waals surface area contributed by atoms with Gasteiger partial charge in [-0.25, -0.2) is 0 Å². The lowest BCUT2D eigenvalue weighted by molar-refractivity contribution is 0.351. The molecular formula is C11H15BrO2. The molecule has 0 aliphatic carbocycles. The Balaban J connectivity index is 3.02. The smallest absolute Gasteiger partial charge is 0.163 e. The highest BCUT2D eigenvalue weighted by Gasteiger charge is 2.10. The van der Waals surface area contributed by atoms with Crippen molar-refractivity contribution in [3.63, 3.8) is 0 Å². The predicted molar refractivity (Wildman–Crippen MR) is 61.6 cm³/mol. The van der Waals surface area contributed by atoms with Crippen LogP contribution < -0.4 is 9.47 Å². The van der Waals surface area contributed by atoms with Crippen molar-refractivity contribution < 1.29 is 9.47 Å². The van der Waals surface area contributed by atoms with E-state index in [2.05, 4.69) is 28.9 Å². The Kier molecular flexibility index (Phi) is 4.26. The number of ether oxygens (including phenoxy) is 2. The fourth-order valence-corrected chi connectivity index (χ4v) is 1.77. The van der Waals surface area contributed by atoms with Crippen molar-refractivity contribution in [1.29, 1.82) is 0 Å². The van der Waals surface area contributed by atoms with Crippen molar-refractivity contribution >= 4 is 15.9 Å². The van der Waals surface area contributed by atoms with E-state index in [0.717, 1.165) is 23.5 Å². The van der Waals surface area contributed by atoms with Gasteiger partial charge in [0.15, 0.2) is 11.5 Å². The molecule has 0 saturated heterocycles. The van der Waals surface area contributed by atoms with Gasteiger partial charge >= 0.3 is 0 Å². The lowest BCUT2D eigenvalue weighted by Gasteiger charge is -2.13. The second-order valence-corrected chi connectivity index (χ2v) is 4.70. The van der Waals surface area contributed by atoms with Gasteiger partial charge in [-0.05, 0) is 18.1 Å². The van der Waals surface area contributed by atoms with Gasteiger partial charge in [0.05, 0.1) is 14.2 Å². The fourth-order valence-electron chi connectivity index (χ4n) is 1.42. The number of hydrogen-bond acceptors (Lipinski definition) is 2. The van der Waals surface area contributed by atoms with Crippen LogP contribution in [0.4, 0.5) is 0 Å². The second-order valence-electron chi connectivity index (χ2n) is 3.14. The average Bonchev–Trinajstić information content (AvgIpc) is 2.16. The molecule has 0 bridgehead atoms. The molecule has 0 aromatic heterocycles. The van der Waals surface area contributed by atoms with E-state index in [1.54, 1.807) is 14.2 Å². The van der Waals surface area contributed by atoms with Crippen LogP contribution in [0.3, 0.4) is 0 Å². The molecule has 3 heteroatoms. The van der Waals surface area contributed by atoms with Crippen molar-refractivity contribution in [1.82, 2.24) is 0 Å². The SMILES string of the molecule is COc1cccc(CC(C)Br)c1OC. The van der Waals surface area contributed by atoms with Gasteiger partial charge in [-0.3, -0.25) is 0 Å². The van der Waals surface area contributed by atoms with E-state index in [1.165, 1.54) is 0 Å². The molecule has 1 atom stereocenters. The third-order valence-electron chi connectivity index (χ3n) is 1.99. The van der Waals surface area contributed by atoms with Crippen LogP contribution in [0.1, 0.15) is 12.5 Å². The summed E-state index contributed by atoms with van der Waals surface area (Å²) in [5, 5.41) is 0. The molecule has 14 heavy (non-hydrogen) atoms. The summed E-state index contributed by atoms with van der Waals surface area (Å²) in [6.45, 7) is 2.11. The first-order valence-electron chi connectivity index (χ1n) is 4.53. The summed E-state index contributed by atoms with van der Waals surface area (Å²) in [4.78, 5) is 0.434. The molecule has 0 amide bonds. The maximum atomic E-state index is 5.32. The van der Waals surface area contributed by atoms with E-state index in [4.69, 9.17) is 9.47 Å². The first kappa shape index (κ1) is 11.4. The van der Waals surface area contributed by atoms with Crippen molar-refractivity contribution in [2.24, 2.45) is 0 Å². The van der Waals surface area contributed by atoms with Crippen LogP contribution in [0.25, 0.3) is 0 Å². The van der Waals surface area contributed by atoms with Crippen molar-refractivity contribution in [3.8, 4) is 11.5 Å². The Morgan fingerprint density at radius 2 is 2.00 bits per heavy atom. The minimum absolute atomic E-state index is 0.434. The number of alkyl halides is 1. The van der Waals surface area contributed by atoms with E-state index >= 15 is 0 Å². The van der Waals surface area contributed by atoms with E-state index in [1.807, 2.05) is 12.1 Å². The largest absolute Gasteiger partial charge is 0.493 e. The molecule has 0 spiro atoms. The molecule has 0 heterocycles. The zero-order valence-electron chi connectivity index (χ0n) is 8.71. The highest BCUT2D eigenvalue weighted by atomic mass is 79.9. The van der Waals surface area contributed by atoms with Crippen LogP contribution in [0, 0.1) is 0 Å². The van der Waals surface area contributed by atoms with Crippen LogP contribution in [0.5, 0.6) is 11.5 Å². The maximum absolute atomic E-state index is 5.32. The minimum atomic E-state index is 0.434. The second kappa shape index (κ2) is 5.25. The zero-order valence-corrected chi connectivity index (χ0v) is 10.3. The predicted octanol–water partition coefficient (Wildman–Crippen LogP) is 3.03. The Morgan fingerprint density at radius 3 is 2.50 bits per heavy atom. The van der Waals surface area contributed by atoms with Crippen molar-refractivity contribution in [3.05, 3.63) is 23.8 Å². The third kappa shape index (κ3) is 2.64. The first-order valence-corrected chi connectivity index (χ1v) is 5.44. The van der Waals surface area contributed by atoms with Gasteiger partial charge < -0.3 is 9.47 Å². The molecule has 0 radical (unpaired) electrons. The molecule has 0 aliphatic heterocycles. The molecule has 1 aromatic rings. The summed E-state index contributed by atoms with van der Waals surface area (Å²) in [5.41, 5.74) is 1.16. The number of rotatable bonds is 4. The fraction of sp³-hybridized carbons (Fsp3) is 0.455. The van der Waals surface area contributed by atoms with E-state index in [9.17, 15) is 0 Å². The molecule has 0 fully saturated rings. The highest BCUT2D eigenvalue weighted by molar-refractivity contribution is 9.09. The molecule has 1 aromatic carbocycles. The summed E-state index contributed by atoms with van der Waals surface area (Å²) in [6.07, 6.45) is 0.931. The summed E-state index contributed by atoms with van der Waals surface area (Å²) in [6, 6.07) is 5.94. The standard InChI is InChI=1S/C11H15BrO2/c1-8(12)7-9-5-4-6-10(13-2)11(9)14-3/h4-6,8H,7H2,1-3H3. The van der Waals surface area contributed by atoms with Crippen LogP contribution in [-0.2, 0) is 6.42 Å². The number of para-hydroxylation sites is 1. The van der Waals surface area contributed by atoms with Gasteiger partial charge in [0.25, 0.3) is 0 Å². The zero-order chi connectivity index (χ0) is 10.6. The Bertz CT molecular complexity index is 297. The maximum Gasteiger partial charge on any atom is 0.163 e. The highest BCUT2D eigenvalue weighted by Crippen LogP contribution is 2.31. The van der Waals surface area contributed by atoms with E-state index in [-0.39, 0.29) is 0 Å². The molecule has 0 aliphatic rings. The van der Waals surface area contributed by atoms with Crippen LogP contribution in [-0.4, -0.2) is 19.0 Å². The van der Waals surface area contributed by atoms with Gasteiger partial charge in [0.2, 0.25) is 0 Å². The number of hydrogen-bond donors (Lipinski definition) is 0. The topological polar surface area (TPSA) is 18.5 Å². The molecule has 0 saturated carbocycles. The lowest BCUT2D eigenvalue weighted by Crippen LogP contribution is -2.01. The Labute approximate surface area is 93.4 Å². The minimum Gasteiger partial charge on any atom is -0.493 e. The first-order chi connectivity index (χ1) is 6.69. The van der Waals surface area contributed by atoms with Crippen LogP contribution >= 0.6 is 15.9 Å². The molecule has 2 nitrogen and oxygen atoms in total. The van der Waals surface area contributed by atoms with Crippen molar-refractivity contribution in [2.45, 2.75) is 18.2 Å². The molecular weight excluding hydrogens is 244 g/mol. The molecule has 0 N–H and O–H groups in total. The average molecular weight is 259 g/mol. The van der Waals surface area contributed by atoms with E-state index < -0.39 is 0 Å². The van der Waals surface area contributed by atoms with Crippen LogP contribution in [0.15, 0.2) is 18.2 Å². The summed E-state index contributed by atoms with van der Waals surface area (Å²) in [7, 11) is 3.32. The van der Waals surface area contributed by atoms with Gasteiger partial charge in [0, 0.05) is 4.83 Å². The lowest BCUT2D eigenvalue weighted by atomic mass is 10.1. The number of halogens is 1. The van der Waals surface area contributed by atoms with Gasteiger partial charge in [-0.2, -0.15) is 0 Å². The van der Waals surface area contributed by atoms with Gasteiger partial charge in [-0.1, -0.05) is 35.0 Å². The Morgan fingerprint density at radius 1 is 1.29 bits per heavy atom. The monoisotopic (exact) mass is 258 g/mol. The van der Waals surface area contributed by atoms with Crippen molar-refractivity contribution in [2.75, 3.05) is 14.2 Å². The van der Waals surface area contributed by atoms with E-state index in [0.29, 0.717) is 4.83 Å². The Hall–Kier alpha value is -0.700. The molecule has 78 valence electrons. The normalized spacial score (nSPS) is 12.3. The number of benzene rings is 1. The van der Waals surface area contributed by atoms with Gasteiger partial charge in [0.1, 0.15) is 0 Å².